The molecule has 2 saturated heterocycles. The number of carboxylic acids is 1. The van der Waals surface area contributed by atoms with E-state index in [4.69, 9.17) is 9.84 Å². The van der Waals surface area contributed by atoms with Gasteiger partial charge in [0.15, 0.2) is 0 Å². The van der Waals surface area contributed by atoms with Gasteiger partial charge in [0.1, 0.15) is 6.04 Å². The fourth-order valence-corrected chi connectivity index (χ4v) is 3.43. The summed E-state index contributed by atoms with van der Waals surface area (Å²) in [5.41, 5.74) is 0. The van der Waals surface area contributed by atoms with Crippen molar-refractivity contribution in [2.75, 3.05) is 31.3 Å². The fourth-order valence-electron chi connectivity index (χ4n) is 2.39. The van der Waals surface area contributed by atoms with Crippen molar-refractivity contribution < 1.29 is 19.4 Å². The van der Waals surface area contributed by atoms with Gasteiger partial charge in [-0.15, -0.1) is 0 Å². The summed E-state index contributed by atoms with van der Waals surface area (Å²) in [4.78, 5) is 24.8. The van der Waals surface area contributed by atoms with Crippen LogP contribution in [-0.4, -0.2) is 65.4 Å². The van der Waals surface area contributed by atoms with Gasteiger partial charge in [0.25, 0.3) is 0 Å². The zero-order valence-electron chi connectivity index (χ0n) is 11.0. The molecule has 2 fully saturated rings. The largest absolute Gasteiger partial charge is 0.480 e. The van der Waals surface area contributed by atoms with Crippen LogP contribution in [0.15, 0.2) is 0 Å². The van der Waals surface area contributed by atoms with Gasteiger partial charge < -0.3 is 20.1 Å². The highest BCUT2D eigenvalue weighted by Crippen LogP contribution is 2.19. The highest BCUT2D eigenvalue weighted by molar-refractivity contribution is 7.99. The molecule has 2 amide bonds. The molecule has 0 spiro atoms. The molecule has 0 radical (unpaired) electrons. The van der Waals surface area contributed by atoms with Crippen LogP contribution in [0.1, 0.15) is 13.3 Å². The number of hydrogen-bond donors (Lipinski definition) is 2. The number of hydrogen-bond acceptors (Lipinski definition) is 4. The van der Waals surface area contributed by atoms with Gasteiger partial charge in [0.2, 0.25) is 0 Å². The van der Waals surface area contributed by atoms with Crippen molar-refractivity contribution in [3.05, 3.63) is 0 Å². The first-order chi connectivity index (χ1) is 9.09. The number of rotatable bonds is 3. The van der Waals surface area contributed by atoms with Gasteiger partial charge >= 0.3 is 12.0 Å². The van der Waals surface area contributed by atoms with Gasteiger partial charge in [0, 0.05) is 36.6 Å². The number of amides is 2. The summed E-state index contributed by atoms with van der Waals surface area (Å²) < 4.78 is 5.30. The number of nitrogens with one attached hydrogen (secondary N) is 1. The summed E-state index contributed by atoms with van der Waals surface area (Å²) in [6.07, 6.45) is 0.944. The molecule has 19 heavy (non-hydrogen) atoms. The minimum absolute atomic E-state index is 0.0130. The molecule has 2 heterocycles. The quantitative estimate of drug-likeness (QED) is 0.796. The van der Waals surface area contributed by atoms with Crippen LogP contribution in [0.4, 0.5) is 4.79 Å². The van der Waals surface area contributed by atoms with Crippen molar-refractivity contribution in [2.45, 2.75) is 25.4 Å². The molecule has 0 aliphatic carbocycles. The van der Waals surface area contributed by atoms with Crippen LogP contribution in [0.5, 0.6) is 0 Å². The van der Waals surface area contributed by atoms with E-state index in [1.807, 2.05) is 6.92 Å². The predicted molar refractivity (Wildman–Crippen MR) is 72.4 cm³/mol. The second-order valence-electron chi connectivity index (χ2n) is 4.98. The van der Waals surface area contributed by atoms with E-state index in [2.05, 4.69) is 5.32 Å². The number of carbonyl (C=O) groups is 2. The summed E-state index contributed by atoms with van der Waals surface area (Å²) in [5.74, 6) is 0.646. The van der Waals surface area contributed by atoms with Crippen LogP contribution in [0, 0.1) is 5.92 Å². The Morgan fingerprint density at radius 3 is 2.95 bits per heavy atom. The lowest BCUT2D eigenvalue weighted by atomic mass is 10.0. The zero-order chi connectivity index (χ0) is 13.8. The van der Waals surface area contributed by atoms with Crippen molar-refractivity contribution in [3.8, 4) is 0 Å². The Labute approximate surface area is 116 Å². The van der Waals surface area contributed by atoms with Crippen LogP contribution in [-0.2, 0) is 9.53 Å². The Bertz CT molecular complexity index is 347. The van der Waals surface area contributed by atoms with Gasteiger partial charge in [-0.25, -0.2) is 9.59 Å². The molecular formula is C12H20N2O4S. The normalized spacial score (nSPS) is 29.0. The third-order valence-electron chi connectivity index (χ3n) is 3.70. The Hall–Kier alpha value is -0.950. The van der Waals surface area contributed by atoms with Crippen molar-refractivity contribution in [2.24, 2.45) is 5.92 Å². The van der Waals surface area contributed by atoms with E-state index in [0.717, 1.165) is 18.8 Å². The number of thioether (sulfide) groups is 1. The number of nitrogens with zero attached hydrogens (tertiary/aromatic N) is 1. The maximum absolute atomic E-state index is 12.2. The monoisotopic (exact) mass is 288 g/mol. The van der Waals surface area contributed by atoms with Gasteiger partial charge in [0.05, 0.1) is 6.61 Å². The maximum atomic E-state index is 12.2. The summed E-state index contributed by atoms with van der Waals surface area (Å²) in [7, 11) is 0. The molecule has 0 bridgehead atoms. The van der Waals surface area contributed by atoms with E-state index >= 15 is 0 Å². The Morgan fingerprint density at radius 2 is 2.32 bits per heavy atom. The smallest absolute Gasteiger partial charge is 0.327 e. The van der Waals surface area contributed by atoms with Crippen LogP contribution >= 0.6 is 11.8 Å². The Morgan fingerprint density at radius 1 is 1.53 bits per heavy atom. The van der Waals surface area contributed by atoms with Crippen LogP contribution in [0.2, 0.25) is 0 Å². The highest BCUT2D eigenvalue weighted by Gasteiger charge is 2.34. The summed E-state index contributed by atoms with van der Waals surface area (Å²) in [6, 6.07) is -0.975. The molecule has 2 aliphatic heterocycles. The summed E-state index contributed by atoms with van der Waals surface area (Å²) >= 11 is 1.57. The first-order valence-corrected chi connectivity index (χ1v) is 7.70. The number of aliphatic carboxylic acids is 1. The van der Waals surface area contributed by atoms with E-state index in [-0.39, 0.29) is 12.1 Å². The predicted octanol–water partition coefficient (Wildman–Crippen LogP) is 0.623. The molecule has 3 unspecified atom stereocenters. The van der Waals surface area contributed by atoms with Crippen LogP contribution in [0.3, 0.4) is 0 Å². The van der Waals surface area contributed by atoms with E-state index < -0.39 is 12.0 Å². The fraction of sp³-hybridized carbons (Fsp3) is 0.833. The number of carboxylic acid groups (broad SMARTS) is 1. The number of ether oxygens (including phenoxy) is 1. The summed E-state index contributed by atoms with van der Waals surface area (Å²) in [6.45, 7) is 3.84. The van der Waals surface area contributed by atoms with E-state index in [1.165, 1.54) is 4.90 Å². The van der Waals surface area contributed by atoms with Crippen LogP contribution < -0.4 is 5.32 Å². The number of urea groups is 1. The standard InChI is InChI=1S/C12H20N2O4S/c1-8(9-2-4-18-6-9)13-12(17)14-3-5-19-7-10(14)11(15)16/h8-10H,2-7H2,1H3,(H,13,17)(H,15,16). The second kappa shape index (κ2) is 6.47. The molecule has 0 saturated carbocycles. The molecule has 3 atom stereocenters. The van der Waals surface area contributed by atoms with Crippen molar-refractivity contribution in [1.82, 2.24) is 10.2 Å². The van der Waals surface area contributed by atoms with E-state index in [9.17, 15) is 9.59 Å². The summed E-state index contributed by atoms with van der Waals surface area (Å²) in [5, 5.41) is 12.1. The molecule has 7 heteroatoms. The first kappa shape index (κ1) is 14.5. The second-order valence-corrected chi connectivity index (χ2v) is 6.13. The molecule has 6 nitrogen and oxygen atoms in total. The number of carbonyl (C=O) groups excluding carboxylic acids is 1. The van der Waals surface area contributed by atoms with Crippen molar-refractivity contribution in [1.29, 1.82) is 0 Å². The Kier molecular flexibility index (Phi) is 4.93. The first-order valence-electron chi connectivity index (χ1n) is 6.55. The average molecular weight is 288 g/mol. The zero-order valence-corrected chi connectivity index (χ0v) is 11.8. The van der Waals surface area contributed by atoms with E-state index in [1.54, 1.807) is 11.8 Å². The average Bonchev–Trinajstić information content (AvgIpc) is 2.92. The molecule has 2 N–H and O–H groups in total. The lowest BCUT2D eigenvalue weighted by Crippen LogP contribution is -2.56. The molecule has 0 aromatic rings. The minimum atomic E-state index is -0.931. The third-order valence-corrected chi connectivity index (χ3v) is 4.72. The SMILES string of the molecule is CC(NC(=O)N1CCSCC1C(=O)O)C1CCOC1. The van der Waals surface area contributed by atoms with Gasteiger partial charge in [-0.2, -0.15) is 11.8 Å². The topological polar surface area (TPSA) is 78.9 Å². The molecule has 0 aromatic heterocycles. The lowest BCUT2D eigenvalue weighted by molar-refractivity contribution is -0.141. The lowest BCUT2D eigenvalue weighted by Gasteiger charge is -2.34. The molecular weight excluding hydrogens is 268 g/mol. The third kappa shape index (κ3) is 3.54. The maximum Gasteiger partial charge on any atom is 0.327 e. The van der Waals surface area contributed by atoms with E-state index in [0.29, 0.717) is 24.8 Å². The van der Waals surface area contributed by atoms with Crippen molar-refractivity contribution in [3.63, 3.8) is 0 Å². The molecule has 2 aliphatic rings. The van der Waals surface area contributed by atoms with Gasteiger partial charge in [-0.3, -0.25) is 0 Å². The minimum Gasteiger partial charge on any atom is -0.480 e. The Balaban J connectivity index is 1.91. The van der Waals surface area contributed by atoms with Gasteiger partial charge in [-0.05, 0) is 13.3 Å². The molecule has 2 rings (SSSR count). The molecule has 0 aromatic carbocycles. The van der Waals surface area contributed by atoms with Crippen molar-refractivity contribution >= 4 is 23.8 Å². The highest BCUT2D eigenvalue weighted by atomic mass is 32.2. The molecule has 108 valence electrons. The van der Waals surface area contributed by atoms with Gasteiger partial charge in [-0.1, -0.05) is 0 Å². The van der Waals surface area contributed by atoms with Crippen LogP contribution in [0.25, 0.3) is 0 Å².